The number of fused-ring (bicyclic) bond motifs is 4. The number of nitrogens with one attached hydrogen (secondary N) is 1. The minimum atomic E-state index is -1.60. The van der Waals surface area contributed by atoms with Gasteiger partial charge in [0.25, 0.3) is 5.91 Å². The summed E-state index contributed by atoms with van der Waals surface area (Å²) in [5.74, 6) is -1.78. The lowest BCUT2D eigenvalue weighted by atomic mass is 9.70. The van der Waals surface area contributed by atoms with Crippen LogP contribution in [0.1, 0.15) is 21.8 Å². The van der Waals surface area contributed by atoms with E-state index in [1.54, 1.807) is 0 Å². The molecule has 23 heavy (non-hydrogen) atoms. The average Bonchev–Trinajstić information content (AvgIpc) is 2.99. The summed E-state index contributed by atoms with van der Waals surface area (Å²) in [7, 11) is 0. The van der Waals surface area contributed by atoms with E-state index in [4.69, 9.17) is 9.47 Å². The first-order valence-electron chi connectivity index (χ1n) is 7.10. The van der Waals surface area contributed by atoms with E-state index >= 15 is 0 Å². The molecule has 1 aliphatic carbocycles. The standard InChI is InChI=1S/C14H15NO8/c16-8-5-3-1-4-13(23-2-22-4)9(17)6(3)14(21)15-7(5)10(18)12(20)11(8)19/h1,5,7-8,10-12,16-20H,2H2,(H,15,21)/t5-,7-,8-,10+,11-,12+/m1/s1. The van der Waals surface area contributed by atoms with Gasteiger partial charge in [-0.05, 0) is 11.6 Å². The fraction of sp³-hybridized carbons (Fsp3) is 0.500. The quantitative estimate of drug-likeness (QED) is 0.314. The molecule has 6 atom stereocenters. The summed E-state index contributed by atoms with van der Waals surface area (Å²) in [6, 6.07) is 0.428. The highest BCUT2D eigenvalue weighted by Crippen LogP contribution is 2.49. The van der Waals surface area contributed by atoms with Crippen LogP contribution in [0.25, 0.3) is 0 Å². The molecule has 124 valence electrons. The molecule has 2 aliphatic heterocycles. The largest absolute Gasteiger partial charge is 0.504 e. The third-order valence-electron chi connectivity index (χ3n) is 4.73. The van der Waals surface area contributed by atoms with Crippen molar-refractivity contribution in [1.29, 1.82) is 0 Å². The number of aliphatic hydroxyl groups excluding tert-OH is 4. The molecular weight excluding hydrogens is 310 g/mol. The summed E-state index contributed by atoms with van der Waals surface area (Å²) < 4.78 is 10.3. The minimum Gasteiger partial charge on any atom is -0.504 e. The maximum atomic E-state index is 12.3. The van der Waals surface area contributed by atoms with Crippen LogP contribution >= 0.6 is 0 Å². The number of phenols is 1. The molecule has 1 aromatic rings. The minimum absolute atomic E-state index is 0.0313. The van der Waals surface area contributed by atoms with E-state index in [-0.39, 0.29) is 29.4 Å². The number of aromatic hydroxyl groups is 1. The van der Waals surface area contributed by atoms with Crippen molar-refractivity contribution in [2.75, 3.05) is 6.79 Å². The van der Waals surface area contributed by atoms with Gasteiger partial charge in [-0.25, -0.2) is 0 Å². The summed E-state index contributed by atoms with van der Waals surface area (Å²) in [4.78, 5) is 12.3. The van der Waals surface area contributed by atoms with Gasteiger partial charge in [-0.1, -0.05) is 0 Å². The zero-order valence-corrected chi connectivity index (χ0v) is 11.7. The van der Waals surface area contributed by atoms with E-state index in [1.165, 1.54) is 6.07 Å². The fourth-order valence-corrected chi connectivity index (χ4v) is 3.58. The number of carbonyl (C=O) groups excluding carboxylic acids is 1. The molecule has 2 heterocycles. The third-order valence-corrected chi connectivity index (χ3v) is 4.73. The van der Waals surface area contributed by atoms with Crippen LogP contribution in [0.2, 0.25) is 0 Å². The Balaban J connectivity index is 1.91. The number of hydrogen-bond donors (Lipinski definition) is 6. The molecule has 9 nitrogen and oxygen atoms in total. The van der Waals surface area contributed by atoms with Gasteiger partial charge in [-0.15, -0.1) is 0 Å². The van der Waals surface area contributed by atoms with Crippen LogP contribution in [0.4, 0.5) is 0 Å². The smallest absolute Gasteiger partial charge is 0.255 e. The highest BCUT2D eigenvalue weighted by molar-refractivity contribution is 6.01. The molecule has 0 unspecified atom stereocenters. The fourth-order valence-electron chi connectivity index (χ4n) is 3.58. The third kappa shape index (κ3) is 1.78. The van der Waals surface area contributed by atoms with Gasteiger partial charge in [0, 0.05) is 5.92 Å². The number of ether oxygens (including phenoxy) is 2. The van der Waals surface area contributed by atoms with Gasteiger partial charge in [0.15, 0.2) is 11.5 Å². The van der Waals surface area contributed by atoms with Crippen LogP contribution < -0.4 is 14.8 Å². The van der Waals surface area contributed by atoms with Crippen molar-refractivity contribution < 1.29 is 39.8 Å². The molecule has 1 amide bonds. The van der Waals surface area contributed by atoms with Gasteiger partial charge in [0.1, 0.15) is 18.3 Å². The van der Waals surface area contributed by atoms with Crippen LogP contribution in [-0.2, 0) is 0 Å². The number of phenolic OH excluding ortho intramolecular Hbond substituents is 1. The Labute approximate surface area is 129 Å². The highest BCUT2D eigenvalue weighted by atomic mass is 16.7. The average molecular weight is 325 g/mol. The van der Waals surface area contributed by atoms with Crippen LogP contribution in [0.3, 0.4) is 0 Å². The molecule has 1 fully saturated rings. The summed E-state index contributed by atoms with van der Waals surface area (Å²) in [6.45, 7) is -0.117. The predicted molar refractivity (Wildman–Crippen MR) is 72.3 cm³/mol. The first kappa shape index (κ1) is 14.5. The normalized spacial score (nSPS) is 37.8. The van der Waals surface area contributed by atoms with Gasteiger partial charge in [0.05, 0.1) is 17.7 Å². The van der Waals surface area contributed by atoms with E-state index in [1.807, 2.05) is 0 Å². The van der Waals surface area contributed by atoms with Crippen molar-refractivity contribution in [2.45, 2.75) is 36.4 Å². The van der Waals surface area contributed by atoms with Crippen molar-refractivity contribution in [3.05, 3.63) is 17.2 Å². The Bertz CT molecular complexity index is 692. The van der Waals surface area contributed by atoms with Crippen molar-refractivity contribution in [2.24, 2.45) is 0 Å². The molecule has 0 bridgehead atoms. The lowest BCUT2D eigenvalue weighted by Gasteiger charge is -2.47. The second-order valence-electron chi connectivity index (χ2n) is 5.91. The van der Waals surface area contributed by atoms with Gasteiger partial charge < -0.3 is 40.3 Å². The highest BCUT2D eigenvalue weighted by Gasteiger charge is 2.53. The van der Waals surface area contributed by atoms with Crippen molar-refractivity contribution in [1.82, 2.24) is 5.32 Å². The zero-order chi connectivity index (χ0) is 16.5. The zero-order valence-electron chi connectivity index (χ0n) is 11.7. The summed E-state index contributed by atoms with van der Waals surface area (Å²) in [5, 5.41) is 52.9. The lowest BCUT2D eigenvalue weighted by Crippen LogP contribution is -2.66. The number of benzene rings is 1. The summed E-state index contributed by atoms with van der Waals surface area (Å²) in [5.41, 5.74) is 0.114. The van der Waals surface area contributed by atoms with Crippen molar-refractivity contribution >= 4 is 5.91 Å². The van der Waals surface area contributed by atoms with Crippen LogP contribution in [-0.4, -0.2) is 68.7 Å². The van der Waals surface area contributed by atoms with Crippen LogP contribution in [0.5, 0.6) is 17.2 Å². The second-order valence-corrected chi connectivity index (χ2v) is 5.91. The second kappa shape index (κ2) is 4.71. The van der Waals surface area contributed by atoms with E-state index in [2.05, 4.69) is 5.32 Å². The van der Waals surface area contributed by atoms with Crippen LogP contribution in [0.15, 0.2) is 6.07 Å². The van der Waals surface area contributed by atoms with E-state index in [0.717, 1.165) is 0 Å². The summed E-state index contributed by atoms with van der Waals surface area (Å²) in [6.07, 6.45) is -6.11. The van der Waals surface area contributed by atoms with Gasteiger partial charge in [0.2, 0.25) is 12.5 Å². The van der Waals surface area contributed by atoms with Gasteiger partial charge in [-0.2, -0.15) is 0 Å². The summed E-state index contributed by atoms with van der Waals surface area (Å²) >= 11 is 0. The molecule has 0 saturated heterocycles. The molecule has 1 aromatic carbocycles. The van der Waals surface area contributed by atoms with Crippen molar-refractivity contribution in [3.63, 3.8) is 0 Å². The Morgan fingerprint density at radius 2 is 1.74 bits per heavy atom. The topological polar surface area (TPSA) is 149 Å². The Kier molecular flexibility index (Phi) is 2.97. The maximum Gasteiger partial charge on any atom is 0.255 e. The molecule has 1 saturated carbocycles. The Hall–Kier alpha value is -2.07. The number of rotatable bonds is 0. The SMILES string of the molecule is O=C1N[C@H]2[C@H](O)[C@H](O)[C@H](O)[C@H](O)[C@@H]2c2cc3c(c(O)c21)OCO3. The first-order chi connectivity index (χ1) is 10.9. The Morgan fingerprint density at radius 1 is 1.04 bits per heavy atom. The molecule has 9 heteroatoms. The van der Waals surface area contributed by atoms with E-state index < -0.39 is 48.0 Å². The van der Waals surface area contributed by atoms with Crippen molar-refractivity contribution in [3.8, 4) is 17.2 Å². The molecule has 0 radical (unpaired) electrons. The number of carbonyl (C=O) groups is 1. The molecule has 6 N–H and O–H groups in total. The number of hydrogen-bond acceptors (Lipinski definition) is 8. The number of aliphatic hydroxyl groups is 4. The molecule has 3 aliphatic rings. The van der Waals surface area contributed by atoms with E-state index in [9.17, 15) is 30.3 Å². The Morgan fingerprint density at radius 3 is 2.48 bits per heavy atom. The molecule has 0 aromatic heterocycles. The molecule has 0 spiro atoms. The van der Waals surface area contributed by atoms with E-state index in [0.29, 0.717) is 0 Å². The molecule has 4 rings (SSSR count). The lowest BCUT2D eigenvalue weighted by molar-refractivity contribution is -0.155. The van der Waals surface area contributed by atoms with Crippen LogP contribution in [0, 0.1) is 0 Å². The maximum absolute atomic E-state index is 12.3. The molecular formula is C14H15NO8. The van der Waals surface area contributed by atoms with Gasteiger partial charge in [-0.3, -0.25) is 4.79 Å². The predicted octanol–water partition coefficient (Wildman–Crippen LogP) is -2.23. The monoisotopic (exact) mass is 325 g/mol. The first-order valence-corrected chi connectivity index (χ1v) is 7.10. The van der Waals surface area contributed by atoms with Gasteiger partial charge >= 0.3 is 0 Å². The number of amides is 1.